The number of nitrogens with zero attached hydrogens (tertiary/aromatic N) is 1. The van der Waals surface area contributed by atoms with Crippen LogP contribution in [-0.4, -0.2) is 19.0 Å². The zero-order chi connectivity index (χ0) is 6.81. The lowest BCUT2D eigenvalue weighted by molar-refractivity contribution is 0.277. The van der Waals surface area contributed by atoms with Gasteiger partial charge in [0.05, 0.1) is 6.61 Å². The van der Waals surface area contributed by atoms with Crippen LogP contribution >= 0.6 is 0 Å². The molecule has 0 N–H and O–H groups in total. The van der Waals surface area contributed by atoms with E-state index in [0.717, 1.165) is 31.9 Å². The van der Waals surface area contributed by atoms with Crippen molar-refractivity contribution < 1.29 is 4.74 Å². The predicted octanol–water partition coefficient (Wildman–Crippen LogP) is 1.53. The van der Waals surface area contributed by atoms with Gasteiger partial charge in [-0.2, -0.15) is 0 Å². The molecule has 2 heteroatoms. The molecular formula is C8H11NO. The van der Waals surface area contributed by atoms with E-state index in [1.807, 2.05) is 0 Å². The monoisotopic (exact) mass is 137 g/mol. The van der Waals surface area contributed by atoms with Gasteiger partial charge in [-0.05, 0) is 19.3 Å². The van der Waals surface area contributed by atoms with E-state index in [2.05, 4.69) is 11.1 Å². The highest BCUT2D eigenvalue weighted by Gasteiger charge is 2.15. The fraction of sp³-hybridized carbons (Fsp3) is 0.625. The van der Waals surface area contributed by atoms with E-state index in [1.165, 1.54) is 12.0 Å². The first kappa shape index (κ1) is 5.96. The number of rotatable bonds is 0. The van der Waals surface area contributed by atoms with Crippen LogP contribution in [0.25, 0.3) is 0 Å². The molecule has 0 aromatic carbocycles. The maximum Gasteiger partial charge on any atom is 0.211 e. The van der Waals surface area contributed by atoms with Crippen LogP contribution in [0, 0.1) is 0 Å². The van der Waals surface area contributed by atoms with Crippen LogP contribution in [0.2, 0.25) is 0 Å². The Balaban J connectivity index is 2.19. The van der Waals surface area contributed by atoms with Crippen molar-refractivity contribution in [1.29, 1.82) is 0 Å². The number of dihydropyridines is 1. The molecule has 0 spiro atoms. The lowest BCUT2D eigenvalue weighted by Gasteiger charge is -2.20. The van der Waals surface area contributed by atoms with Gasteiger partial charge in [0, 0.05) is 12.1 Å². The lowest BCUT2D eigenvalue weighted by Crippen LogP contribution is -2.18. The summed E-state index contributed by atoms with van der Waals surface area (Å²) in [5, 5.41) is 0. The van der Waals surface area contributed by atoms with Gasteiger partial charge < -0.3 is 4.74 Å². The third-order valence-electron chi connectivity index (χ3n) is 1.88. The molecule has 2 rings (SSSR count). The van der Waals surface area contributed by atoms with Crippen molar-refractivity contribution in [2.45, 2.75) is 19.3 Å². The molecule has 0 amide bonds. The molecule has 1 fully saturated rings. The smallest absolute Gasteiger partial charge is 0.211 e. The van der Waals surface area contributed by atoms with Gasteiger partial charge in [-0.25, -0.2) is 0 Å². The second-order valence-corrected chi connectivity index (χ2v) is 2.66. The minimum Gasteiger partial charge on any atom is -0.478 e. The van der Waals surface area contributed by atoms with Gasteiger partial charge >= 0.3 is 0 Å². The number of aliphatic imine (C=N–C) groups is 1. The first-order valence-corrected chi connectivity index (χ1v) is 3.83. The standard InChI is InChI=1S/C8H11NO/c1-3-7-4-2-6-10-8(7)9-5-1/h3H,1-2,4-6H2. The summed E-state index contributed by atoms with van der Waals surface area (Å²) in [5.41, 5.74) is 1.33. The van der Waals surface area contributed by atoms with Crippen molar-refractivity contribution in [3.8, 4) is 0 Å². The molecule has 1 saturated heterocycles. The molecule has 0 saturated carbocycles. The molecule has 0 unspecified atom stereocenters. The Morgan fingerprint density at radius 1 is 1.50 bits per heavy atom. The Kier molecular flexibility index (Phi) is 1.46. The lowest BCUT2D eigenvalue weighted by atomic mass is 10.1. The molecular weight excluding hydrogens is 126 g/mol. The zero-order valence-corrected chi connectivity index (χ0v) is 5.97. The number of hydrogen-bond donors (Lipinski definition) is 0. The van der Waals surface area contributed by atoms with E-state index >= 15 is 0 Å². The van der Waals surface area contributed by atoms with E-state index in [4.69, 9.17) is 4.74 Å². The van der Waals surface area contributed by atoms with Gasteiger partial charge in [0.1, 0.15) is 0 Å². The van der Waals surface area contributed by atoms with Crippen LogP contribution in [0.5, 0.6) is 0 Å². The van der Waals surface area contributed by atoms with Crippen LogP contribution in [0.3, 0.4) is 0 Å². The topological polar surface area (TPSA) is 21.6 Å². The normalized spacial score (nSPS) is 24.0. The van der Waals surface area contributed by atoms with E-state index < -0.39 is 0 Å². The highest BCUT2D eigenvalue weighted by molar-refractivity contribution is 5.94. The second-order valence-electron chi connectivity index (χ2n) is 2.66. The van der Waals surface area contributed by atoms with Gasteiger partial charge in [-0.1, -0.05) is 6.08 Å². The van der Waals surface area contributed by atoms with Crippen LogP contribution < -0.4 is 0 Å². The second kappa shape index (κ2) is 2.45. The Labute approximate surface area is 60.6 Å². The highest BCUT2D eigenvalue weighted by atomic mass is 16.5. The molecule has 2 aliphatic rings. The van der Waals surface area contributed by atoms with E-state index in [0.29, 0.717) is 0 Å². The molecule has 54 valence electrons. The predicted molar refractivity (Wildman–Crippen MR) is 40.2 cm³/mol. The minimum absolute atomic E-state index is 0.857. The largest absolute Gasteiger partial charge is 0.478 e. The Hall–Kier alpha value is -0.790. The van der Waals surface area contributed by atoms with Gasteiger partial charge in [0.25, 0.3) is 0 Å². The maximum atomic E-state index is 5.36. The summed E-state index contributed by atoms with van der Waals surface area (Å²) in [6.45, 7) is 1.77. The Morgan fingerprint density at radius 3 is 3.40 bits per heavy atom. The molecule has 0 radical (unpaired) electrons. The van der Waals surface area contributed by atoms with E-state index in [9.17, 15) is 0 Å². The molecule has 2 heterocycles. The van der Waals surface area contributed by atoms with Gasteiger partial charge in [-0.3, -0.25) is 4.99 Å². The first-order valence-electron chi connectivity index (χ1n) is 3.83. The molecule has 2 aliphatic heterocycles. The van der Waals surface area contributed by atoms with Crippen molar-refractivity contribution in [2.24, 2.45) is 4.99 Å². The van der Waals surface area contributed by atoms with Crippen molar-refractivity contribution in [1.82, 2.24) is 0 Å². The van der Waals surface area contributed by atoms with Crippen molar-refractivity contribution in [3.63, 3.8) is 0 Å². The summed E-state index contributed by atoms with van der Waals surface area (Å²) >= 11 is 0. The van der Waals surface area contributed by atoms with Crippen LogP contribution in [-0.2, 0) is 4.74 Å². The van der Waals surface area contributed by atoms with Crippen molar-refractivity contribution in [3.05, 3.63) is 11.6 Å². The Bertz CT molecular complexity index is 171. The van der Waals surface area contributed by atoms with Crippen LogP contribution in [0.4, 0.5) is 0 Å². The summed E-state index contributed by atoms with van der Waals surface area (Å²) in [6, 6.07) is 0. The van der Waals surface area contributed by atoms with Gasteiger partial charge in [0.15, 0.2) is 0 Å². The fourth-order valence-electron chi connectivity index (χ4n) is 1.37. The SMILES string of the molecule is C1=C2CCCOC2=NCC1. The summed E-state index contributed by atoms with van der Waals surface area (Å²) in [4.78, 5) is 4.28. The average Bonchev–Trinajstić information content (AvgIpc) is 2.05. The molecule has 0 aromatic rings. The van der Waals surface area contributed by atoms with Gasteiger partial charge in [-0.15, -0.1) is 0 Å². The van der Waals surface area contributed by atoms with E-state index in [1.54, 1.807) is 0 Å². The summed E-state index contributed by atoms with van der Waals surface area (Å²) in [5.74, 6) is 0.914. The summed E-state index contributed by atoms with van der Waals surface area (Å²) < 4.78 is 5.36. The highest BCUT2D eigenvalue weighted by Crippen LogP contribution is 2.18. The average molecular weight is 137 g/mol. The number of hydrogen-bond acceptors (Lipinski definition) is 2. The first-order chi connectivity index (χ1) is 4.97. The minimum atomic E-state index is 0.857. The molecule has 0 aromatic heterocycles. The molecule has 0 aliphatic carbocycles. The maximum absolute atomic E-state index is 5.36. The molecule has 2 nitrogen and oxygen atoms in total. The summed E-state index contributed by atoms with van der Waals surface area (Å²) in [7, 11) is 0. The Morgan fingerprint density at radius 2 is 2.50 bits per heavy atom. The third kappa shape index (κ3) is 0.939. The number of fused-ring (bicyclic) bond motifs is 1. The molecule has 10 heavy (non-hydrogen) atoms. The third-order valence-corrected chi connectivity index (χ3v) is 1.88. The van der Waals surface area contributed by atoms with Crippen LogP contribution in [0.15, 0.2) is 16.6 Å². The molecule has 0 bridgehead atoms. The van der Waals surface area contributed by atoms with Gasteiger partial charge in [0.2, 0.25) is 5.90 Å². The fourth-order valence-corrected chi connectivity index (χ4v) is 1.37. The zero-order valence-electron chi connectivity index (χ0n) is 5.97. The van der Waals surface area contributed by atoms with Crippen LogP contribution in [0.1, 0.15) is 19.3 Å². The quantitative estimate of drug-likeness (QED) is 0.496. The molecule has 0 atom stereocenters. The number of ether oxygens (including phenoxy) is 1. The van der Waals surface area contributed by atoms with E-state index in [-0.39, 0.29) is 0 Å². The van der Waals surface area contributed by atoms with Crippen molar-refractivity contribution >= 4 is 5.90 Å². The van der Waals surface area contributed by atoms with Crippen molar-refractivity contribution in [2.75, 3.05) is 13.2 Å². The summed E-state index contributed by atoms with van der Waals surface area (Å²) in [6.07, 6.45) is 5.67.